The van der Waals surface area contributed by atoms with Crippen molar-refractivity contribution < 1.29 is 14.0 Å². The molecular weight excluding hydrogens is 544 g/mol. The second-order valence-electron chi connectivity index (χ2n) is 7.93. The van der Waals surface area contributed by atoms with Gasteiger partial charge in [0.15, 0.2) is 9.02 Å². The van der Waals surface area contributed by atoms with Gasteiger partial charge in [-0.25, -0.2) is 0 Å². The van der Waals surface area contributed by atoms with Crippen molar-refractivity contribution in [3.63, 3.8) is 0 Å². The minimum atomic E-state index is -2.09. The van der Waals surface area contributed by atoms with Crippen LogP contribution in [-0.4, -0.2) is 23.9 Å². The molecule has 3 nitrogen and oxygen atoms in total. The first-order valence-electron chi connectivity index (χ1n) is 8.93. The number of halogens is 3. The summed E-state index contributed by atoms with van der Waals surface area (Å²) in [7, 11) is -2.09. The smallest absolute Gasteiger partial charge is 0.258 e. The van der Waals surface area contributed by atoms with Crippen molar-refractivity contribution in [2.45, 2.75) is 68.3 Å². The second kappa shape index (κ2) is 7.88. The van der Waals surface area contributed by atoms with Gasteiger partial charge in [-0.2, -0.15) is 0 Å². The molecular formula is C19H27Br3O3Si. The van der Waals surface area contributed by atoms with E-state index in [-0.39, 0.29) is 12.4 Å². The Balaban J connectivity index is 2.60. The van der Waals surface area contributed by atoms with Gasteiger partial charge in [-0.3, -0.25) is 4.79 Å². The molecule has 0 spiro atoms. The van der Waals surface area contributed by atoms with Crippen LogP contribution in [0, 0.1) is 6.92 Å². The zero-order valence-corrected chi connectivity index (χ0v) is 22.1. The van der Waals surface area contributed by atoms with Crippen molar-refractivity contribution in [1.82, 2.24) is 0 Å². The minimum absolute atomic E-state index is 0.0413. The quantitative estimate of drug-likeness (QED) is 0.274. The van der Waals surface area contributed by atoms with Gasteiger partial charge in [0.25, 0.3) is 8.32 Å². The molecule has 0 saturated carbocycles. The summed E-state index contributed by atoms with van der Waals surface area (Å²) in [5.41, 5.74) is 2.91. The number of hydrogen-bond donors (Lipinski definition) is 0. The topological polar surface area (TPSA) is 35.5 Å². The van der Waals surface area contributed by atoms with E-state index in [1.54, 1.807) is 0 Å². The third-order valence-corrected chi connectivity index (χ3v) is 13.5. The lowest BCUT2D eigenvalue weighted by molar-refractivity contribution is 0.0932. The van der Waals surface area contributed by atoms with Gasteiger partial charge < -0.3 is 9.16 Å². The van der Waals surface area contributed by atoms with Crippen LogP contribution in [0.4, 0.5) is 0 Å². The number of ketones is 1. The van der Waals surface area contributed by atoms with Gasteiger partial charge in [0.05, 0.1) is 5.56 Å². The lowest BCUT2D eigenvalue weighted by Crippen LogP contribution is -2.50. The number of Topliss-reactive ketones (excluding diaryl/α,β-unsaturated/α-hetero) is 1. The highest BCUT2D eigenvalue weighted by atomic mass is 79.9. The van der Waals surface area contributed by atoms with Crippen LogP contribution in [-0.2, 0) is 0 Å². The van der Waals surface area contributed by atoms with E-state index in [0.717, 1.165) is 15.8 Å². The van der Waals surface area contributed by atoms with Crippen LogP contribution in [0.15, 0.2) is 10.5 Å². The summed E-state index contributed by atoms with van der Waals surface area (Å²) in [6, 6.07) is 1.90. The maximum atomic E-state index is 12.8. The van der Waals surface area contributed by atoms with Gasteiger partial charge in [-0.05, 0) is 39.5 Å². The summed E-state index contributed by atoms with van der Waals surface area (Å²) in [5, 5.41) is 0. The van der Waals surface area contributed by atoms with Crippen molar-refractivity contribution in [3.05, 3.63) is 21.7 Å². The van der Waals surface area contributed by atoms with Gasteiger partial charge in [0.1, 0.15) is 18.1 Å². The average Bonchev–Trinajstić information content (AvgIpc) is 2.51. The van der Waals surface area contributed by atoms with Crippen molar-refractivity contribution in [3.8, 4) is 11.5 Å². The fourth-order valence-corrected chi connectivity index (χ4v) is 10.6. The lowest BCUT2D eigenvalue weighted by atomic mass is 10.0. The first-order chi connectivity index (χ1) is 11.9. The number of hydrogen-bond acceptors (Lipinski definition) is 3. The summed E-state index contributed by atoms with van der Waals surface area (Å²) >= 11 is 10.4. The average molecular weight is 571 g/mol. The third kappa shape index (κ3) is 3.70. The molecule has 2 rings (SSSR count). The molecule has 26 heavy (non-hydrogen) atoms. The molecule has 1 aliphatic rings. The summed E-state index contributed by atoms with van der Waals surface area (Å²) in [6.07, 6.45) is 0. The second-order valence-corrected chi connectivity index (χ2v) is 17.9. The lowest BCUT2D eigenvalue weighted by Gasteiger charge is -2.43. The monoisotopic (exact) mass is 568 g/mol. The summed E-state index contributed by atoms with van der Waals surface area (Å²) in [4.78, 5) is 12.8. The van der Waals surface area contributed by atoms with E-state index in [0.29, 0.717) is 27.9 Å². The molecule has 0 aromatic heterocycles. The van der Waals surface area contributed by atoms with Crippen molar-refractivity contribution in [2.75, 3.05) is 6.61 Å². The van der Waals surface area contributed by atoms with Crippen molar-refractivity contribution >= 4 is 61.9 Å². The molecule has 0 N–H and O–H groups in total. The number of rotatable bonds is 5. The highest BCUT2D eigenvalue weighted by Crippen LogP contribution is 2.48. The number of fused-ring (bicyclic) bond motifs is 1. The zero-order valence-electron chi connectivity index (χ0n) is 16.4. The molecule has 0 atom stereocenters. The van der Waals surface area contributed by atoms with Crippen molar-refractivity contribution in [2.24, 2.45) is 0 Å². The first kappa shape index (κ1) is 22.4. The van der Waals surface area contributed by atoms with Crippen LogP contribution in [0.1, 0.15) is 57.5 Å². The van der Waals surface area contributed by atoms with Gasteiger partial charge >= 0.3 is 0 Å². The van der Waals surface area contributed by atoms with E-state index in [1.165, 1.54) is 0 Å². The minimum Gasteiger partial charge on any atom is -0.542 e. The summed E-state index contributed by atoms with van der Waals surface area (Å²) < 4.78 is 12.6. The number of carbonyl (C=O) groups excluding carboxylic acids is 1. The Kier molecular flexibility index (Phi) is 6.80. The Morgan fingerprint density at radius 2 is 1.62 bits per heavy atom. The van der Waals surface area contributed by atoms with Crippen LogP contribution in [0.2, 0.25) is 16.6 Å². The largest absolute Gasteiger partial charge is 0.542 e. The molecule has 1 aromatic carbocycles. The fourth-order valence-electron chi connectivity index (χ4n) is 4.10. The maximum Gasteiger partial charge on any atom is 0.258 e. The standard InChI is InChI=1S/C19H27Br3O3Si/c1-10(2)26(11(3)4,12(5)6)25-14-8-15-16(17(20)13(14)7)18(23)19(21,22)9-24-15/h8,10-12H,9H2,1-7H3. The van der Waals surface area contributed by atoms with Crippen LogP contribution in [0.3, 0.4) is 0 Å². The molecule has 0 bridgehead atoms. The normalized spacial score (nSPS) is 16.9. The third-order valence-electron chi connectivity index (χ3n) is 5.39. The van der Waals surface area contributed by atoms with Crippen LogP contribution in [0.25, 0.3) is 0 Å². The molecule has 1 aliphatic heterocycles. The van der Waals surface area contributed by atoms with Crippen LogP contribution in [0.5, 0.6) is 11.5 Å². The van der Waals surface area contributed by atoms with E-state index >= 15 is 0 Å². The van der Waals surface area contributed by atoms with Gasteiger partial charge in [-0.15, -0.1) is 0 Å². The van der Waals surface area contributed by atoms with E-state index in [9.17, 15) is 4.79 Å². The molecule has 0 aliphatic carbocycles. The molecule has 146 valence electrons. The van der Waals surface area contributed by atoms with E-state index in [2.05, 4.69) is 89.3 Å². The van der Waals surface area contributed by atoms with E-state index in [4.69, 9.17) is 9.16 Å². The molecule has 1 aromatic rings. The Morgan fingerprint density at radius 1 is 1.12 bits per heavy atom. The Bertz CT molecular complexity index is 693. The molecule has 0 radical (unpaired) electrons. The number of benzene rings is 1. The molecule has 7 heteroatoms. The first-order valence-corrected chi connectivity index (χ1v) is 13.5. The maximum absolute atomic E-state index is 12.8. The van der Waals surface area contributed by atoms with Crippen LogP contribution >= 0.6 is 47.8 Å². The fraction of sp³-hybridized carbons (Fsp3) is 0.632. The summed E-state index contributed by atoms with van der Waals surface area (Å²) in [5.74, 6) is 1.36. The Hall–Kier alpha value is 0.147. The predicted molar refractivity (Wildman–Crippen MR) is 121 cm³/mol. The van der Waals surface area contributed by atoms with Gasteiger partial charge in [0.2, 0.25) is 0 Å². The highest BCUT2D eigenvalue weighted by molar-refractivity contribution is 9.26. The van der Waals surface area contributed by atoms with Gasteiger partial charge in [0, 0.05) is 16.1 Å². The molecule has 0 saturated heterocycles. The number of alkyl halides is 2. The highest BCUT2D eigenvalue weighted by Gasteiger charge is 2.48. The van der Waals surface area contributed by atoms with Crippen molar-refractivity contribution in [1.29, 1.82) is 0 Å². The Morgan fingerprint density at radius 3 is 2.08 bits per heavy atom. The molecule has 0 unspecified atom stereocenters. The van der Waals surface area contributed by atoms with E-state index < -0.39 is 11.6 Å². The number of ether oxygens (including phenoxy) is 1. The molecule has 0 fully saturated rings. The molecule has 1 heterocycles. The number of carbonyl (C=O) groups is 1. The SMILES string of the molecule is Cc1c(O[Si](C(C)C)(C(C)C)C(C)C)cc2c(c1Br)C(=O)C(Br)(Br)CO2. The van der Waals surface area contributed by atoms with Crippen LogP contribution < -0.4 is 9.16 Å². The van der Waals surface area contributed by atoms with E-state index in [1.807, 2.05) is 13.0 Å². The van der Waals surface area contributed by atoms with Gasteiger partial charge in [-0.1, -0.05) is 73.4 Å². The molecule has 0 amide bonds. The summed E-state index contributed by atoms with van der Waals surface area (Å²) in [6.45, 7) is 15.8. The zero-order chi connectivity index (χ0) is 20.0. The predicted octanol–water partition coefficient (Wildman–Crippen LogP) is 7.37. The Labute approximate surface area is 183 Å².